The minimum Gasteiger partial charge on any atom is -0.330 e. The molecule has 0 aromatic rings. The van der Waals surface area contributed by atoms with Crippen molar-refractivity contribution in [2.24, 2.45) is 11.5 Å². The molecule has 186 valence electrons. The summed E-state index contributed by atoms with van der Waals surface area (Å²) in [5, 5.41) is 0. The van der Waals surface area contributed by atoms with E-state index in [1.165, 1.54) is 25.7 Å². The summed E-state index contributed by atoms with van der Waals surface area (Å²) in [6, 6.07) is 0. The molecule has 0 radical (unpaired) electrons. The second-order valence-corrected chi connectivity index (χ2v) is 8.29. The molecule has 0 spiro atoms. The molecule has 0 heterocycles. The first-order valence-electron chi connectivity index (χ1n) is 12.8. The van der Waals surface area contributed by atoms with Crippen molar-refractivity contribution in [3.63, 3.8) is 0 Å². The van der Waals surface area contributed by atoms with Crippen LogP contribution in [-0.2, 0) is 14.4 Å². The van der Waals surface area contributed by atoms with E-state index in [4.69, 9.17) is 11.5 Å². The van der Waals surface area contributed by atoms with E-state index in [0.29, 0.717) is 31.0 Å². The Kier molecular flexibility index (Phi) is 34.7. The molecule has 4 N–H and O–H groups in total. The molecule has 0 atom stereocenters. The van der Waals surface area contributed by atoms with Gasteiger partial charge in [-0.1, -0.05) is 52.9 Å². The quantitative estimate of drug-likeness (QED) is 0.229. The first-order chi connectivity index (χ1) is 14.9. The van der Waals surface area contributed by atoms with Crippen LogP contribution < -0.4 is 11.5 Å². The normalized spacial score (nSPS) is 9.87. The van der Waals surface area contributed by atoms with Crippen molar-refractivity contribution in [3.8, 4) is 0 Å². The van der Waals surface area contributed by atoms with Crippen LogP contribution in [0.4, 0.5) is 0 Å². The molecule has 0 bridgehead atoms. The first-order valence-corrected chi connectivity index (χ1v) is 12.8. The lowest BCUT2D eigenvalue weighted by Crippen LogP contribution is -2.02. The molecule has 0 aliphatic rings. The van der Waals surface area contributed by atoms with Gasteiger partial charge < -0.3 is 16.3 Å². The maximum absolute atomic E-state index is 11.2. The molecule has 0 unspecified atom stereocenters. The Morgan fingerprint density at radius 2 is 0.871 bits per heavy atom. The van der Waals surface area contributed by atoms with Gasteiger partial charge in [0.2, 0.25) is 0 Å². The lowest BCUT2D eigenvalue weighted by Gasteiger charge is -1.99. The van der Waals surface area contributed by atoms with E-state index >= 15 is 0 Å². The van der Waals surface area contributed by atoms with Gasteiger partial charge in [-0.15, -0.1) is 0 Å². The van der Waals surface area contributed by atoms with Gasteiger partial charge in [0.05, 0.1) is 0 Å². The van der Waals surface area contributed by atoms with Gasteiger partial charge in [0.15, 0.2) is 0 Å². The summed E-state index contributed by atoms with van der Waals surface area (Å²) in [4.78, 5) is 33.0. The fourth-order valence-corrected chi connectivity index (χ4v) is 2.74. The molecule has 0 saturated heterocycles. The third-order valence-corrected chi connectivity index (χ3v) is 4.82. The van der Waals surface area contributed by atoms with E-state index in [0.717, 1.165) is 77.2 Å². The van der Waals surface area contributed by atoms with E-state index in [-0.39, 0.29) is 5.78 Å². The van der Waals surface area contributed by atoms with E-state index in [1.807, 2.05) is 0 Å². The molecular weight excluding hydrogens is 388 g/mol. The summed E-state index contributed by atoms with van der Waals surface area (Å²) in [5.41, 5.74) is 10.5. The van der Waals surface area contributed by atoms with Crippen LogP contribution in [0.3, 0.4) is 0 Å². The van der Waals surface area contributed by atoms with Gasteiger partial charge in [-0.05, 0) is 65.0 Å². The number of hydrogen-bond acceptors (Lipinski definition) is 5. The second-order valence-electron chi connectivity index (χ2n) is 8.29. The average Bonchev–Trinajstić information content (AvgIpc) is 2.73. The van der Waals surface area contributed by atoms with Crippen LogP contribution in [0.2, 0.25) is 0 Å². The van der Waals surface area contributed by atoms with Crippen molar-refractivity contribution in [1.82, 2.24) is 0 Å². The van der Waals surface area contributed by atoms with E-state index in [9.17, 15) is 14.4 Å². The van der Waals surface area contributed by atoms with Gasteiger partial charge in [0.1, 0.15) is 17.3 Å². The van der Waals surface area contributed by atoms with E-state index in [2.05, 4.69) is 20.8 Å². The fraction of sp³-hybridized carbons (Fsp3) is 0.885. The third-order valence-electron chi connectivity index (χ3n) is 4.82. The third kappa shape index (κ3) is 39.9. The van der Waals surface area contributed by atoms with Crippen LogP contribution in [0, 0.1) is 0 Å². The van der Waals surface area contributed by atoms with Crippen LogP contribution in [0.15, 0.2) is 0 Å². The minimum atomic E-state index is 0.252. The summed E-state index contributed by atoms with van der Waals surface area (Å²) in [7, 11) is 0. The lowest BCUT2D eigenvalue weighted by atomic mass is 10.1. The Hall–Kier alpha value is -1.07. The summed E-state index contributed by atoms with van der Waals surface area (Å²) in [6.07, 6.45) is 16.4. The predicted molar refractivity (Wildman–Crippen MR) is 134 cm³/mol. The van der Waals surface area contributed by atoms with Crippen LogP contribution >= 0.6 is 0 Å². The number of Topliss-reactive ketones (excluding diaryl/α,β-unsaturated/α-hetero) is 3. The zero-order chi connectivity index (χ0) is 24.2. The van der Waals surface area contributed by atoms with Crippen molar-refractivity contribution in [1.29, 1.82) is 0 Å². The molecule has 5 nitrogen and oxygen atoms in total. The van der Waals surface area contributed by atoms with Crippen molar-refractivity contribution >= 4 is 17.3 Å². The van der Waals surface area contributed by atoms with Gasteiger partial charge in [-0.25, -0.2) is 0 Å². The summed E-state index contributed by atoms with van der Waals surface area (Å²) in [6.45, 7) is 9.55. The number of carbonyl (C=O) groups is 3. The highest BCUT2D eigenvalue weighted by Crippen LogP contribution is 2.07. The van der Waals surface area contributed by atoms with E-state index < -0.39 is 0 Å². The van der Waals surface area contributed by atoms with Gasteiger partial charge in [0.25, 0.3) is 0 Å². The Morgan fingerprint density at radius 1 is 0.484 bits per heavy atom. The SMILES string of the molecule is CCCCC(=O)CCCCCC(C)=O.CCCCCC(=O)CCCCN.CCCCN. The molecular formula is C26H54N2O3. The number of carbonyl (C=O) groups excluding carboxylic acids is 3. The average molecular weight is 443 g/mol. The Balaban J connectivity index is -0.000000419. The highest BCUT2D eigenvalue weighted by molar-refractivity contribution is 5.78. The molecule has 0 saturated carbocycles. The van der Waals surface area contributed by atoms with Gasteiger partial charge in [0, 0.05) is 32.1 Å². The van der Waals surface area contributed by atoms with Crippen molar-refractivity contribution in [2.45, 2.75) is 137 Å². The molecule has 31 heavy (non-hydrogen) atoms. The maximum Gasteiger partial charge on any atom is 0.132 e. The molecule has 0 amide bonds. The minimum absolute atomic E-state index is 0.252. The predicted octanol–water partition coefficient (Wildman–Crippen LogP) is 6.30. The Labute approximate surface area is 193 Å². The molecule has 0 aliphatic carbocycles. The van der Waals surface area contributed by atoms with Crippen LogP contribution in [0.1, 0.15) is 137 Å². The lowest BCUT2D eigenvalue weighted by molar-refractivity contribution is -0.120. The van der Waals surface area contributed by atoms with Crippen LogP contribution in [0.5, 0.6) is 0 Å². The summed E-state index contributed by atoms with van der Waals surface area (Å²) in [5.74, 6) is 1.05. The Bertz CT molecular complexity index is 384. The van der Waals surface area contributed by atoms with Crippen LogP contribution in [0.25, 0.3) is 0 Å². The highest BCUT2D eigenvalue weighted by Gasteiger charge is 2.01. The maximum atomic E-state index is 11.2. The zero-order valence-electron chi connectivity index (χ0n) is 21.3. The summed E-state index contributed by atoms with van der Waals surface area (Å²) < 4.78 is 0. The number of ketones is 3. The smallest absolute Gasteiger partial charge is 0.132 e. The second kappa shape index (κ2) is 31.1. The number of nitrogens with two attached hydrogens (primary N) is 2. The highest BCUT2D eigenvalue weighted by atomic mass is 16.1. The molecule has 0 rings (SSSR count). The number of hydrogen-bond donors (Lipinski definition) is 2. The fourth-order valence-electron chi connectivity index (χ4n) is 2.74. The topological polar surface area (TPSA) is 103 Å². The zero-order valence-corrected chi connectivity index (χ0v) is 21.3. The monoisotopic (exact) mass is 442 g/mol. The molecule has 0 aromatic heterocycles. The van der Waals surface area contributed by atoms with Crippen molar-refractivity contribution < 1.29 is 14.4 Å². The standard InChI is InChI=1S/C12H22O2.C10H21NO.C4H11N/c1-3-4-9-12(14)10-7-5-6-8-11(2)13;1-2-3-4-7-10(12)8-5-6-9-11;1-2-3-4-5/h3-10H2,1-2H3;2-9,11H2,1H3;2-5H2,1H3. The van der Waals surface area contributed by atoms with E-state index in [1.54, 1.807) is 6.92 Å². The van der Waals surface area contributed by atoms with Crippen molar-refractivity contribution in [3.05, 3.63) is 0 Å². The molecule has 5 heteroatoms. The van der Waals surface area contributed by atoms with Gasteiger partial charge >= 0.3 is 0 Å². The van der Waals surface area contributed by atoms with Gasteiger partial charge in [-0.3, -0.25) is 9.59 Å². The molecule has 0 fully saturated rings. The van der Waals surface area contributed by atoms with Crippen LogP contribution in [-0.4, -0.2) is 30.4 Å². The summed E-state index contributed by atoms with van der Waals surface area (Å²) >= 11 is 0. The first kappa shape index (κ1) is 34.5. The van der Waals surface area contributed by atoms with Gasteiger partial charge in [-0.2, -0.15) is 0 Å². The Morgan fingerprint density at radius 3 is 1.26 bits per heavy atom. The number of unbranched alkanes of at least 4 members (excludes halogenated alkanes) is 7. The molecule has 0 aromatic carbocycles. The molecule has 0 aliphatic heterocycles. The number of rotatable bonds is 19. The van der Waals surface area contributed by atoms with Crippen molar-refractivity contribution in [2.75, 3.05) is 13.1 Å². The largest absolute Gasteiger partial charge is 0.330 e.